The third-order valence-corrected chi connectivity index (χ3v) is 5.43. The molecule has 0 saturated carbocycles. The average molecular weight is 467 g/mol. The molecule has 0 aliphatic carbocycles. The van der Waals surface area contributed by atoms with Gasteiger partial charge in [-0.15, -0.1) is 0 Å². The van der Waals surface area contributed by atoms with Crippen LogP contribution in [0.5, 0.6) is 11.5 Å². The number of rotatable bonds is 5. The summed E-state index contributed by atoms with van der Waals surface area (Å²) in [6.45, 7) is 0. The normalized spacial score (nSPS) is 14.9. The van der Waals surface area contributed by atoms with Gasteiger partial charge < -0.3 is 4.74 Å². The molecule has 7 nitrogen and oxygen atoms in total. The van der Waals surface area contributed by atoms with Crippen molar-refractivity contribution in [2.45, 2.75) is 0 Å². The first-order valence-electron chi connectivity index (χ1n) is 10.4. The molecular formula is C26H18N4O3S. The van der Waals surface area contributed by atoms with E-state index in [1.807, 2.05) is 60.7 Å². The van der Waals surface area contributed by atoms with Gasteiger partial charge in [-0.25, -0.2) is 4.68 Å². The van der Waals surface area contributed by atoms with Gasteiger partial charge in [0.15, 0.2) is 5.11 Å². The minimum Gasteiger partial charge on any atom is -0.457 e. The highest BCUT2D eigenvalue weighted by Gasteiger charge is 2.34. The third-order valence-electron chi connectivity index (χ3n) is 5.14. The smallest absolute Gasteiger partial charge is 0.270 e. The summed E-state index contributed by atoms with van der Waals surface area (Å²) in [5.74, 6) is 0.228. The number of nitrogens with zero attached hydrogens (tertiary/aromatic N) is 3. The van der Waals surface area contributed by atoms with Crippen molar-refractivity contribution in [2.24, 2.45) is 0 Å². The maximum Gasteiger partial charge on any atom is 0.270 e. The highest BCUT2D eigenvalue weighted by Crippen LogP contribution is 2.27. The molecule has 166 valence electrons. The number of hydrogen-bond acceptors (Lipinski definition) is 5. The molecule has 0 spiro atoms. The Balaban J connectivity index is 1.43. The van der Waals surface area contributed by atoms with Gasteiger partial charge in [-0.2, -0.15) is 5.10 Å². The lowest BCUT2D eigenvalue weighted by Crippen LogP contribution is -2.54. The molecule has 1 N–H and O–H groups in total. The van der Waals surface area contributed by atoms with Crippen LogP contribution in [0.2, 0.25) is 0 Å². The number of carbonyl (C=O) groups is 2. The minimum atomic E-state index is -0.559. The predicted octanol–water partition coefficient (Wildman–Crippen LogP) is 4.50. The van der Waals surface area contributed by atoms with Gasteiger partial charge in [-0.3, -0.25) is 19.8 Å². The van der Waals surface area contributed by atoms with Crippen LogP contribution in [0.15, 0.2) is 103 Å². The summed E-state index contributed by atoms with van der Waals surface area (Å²) < 4.78 is 7.46. The number of anilines is 1. The molecule has 1 aromatic heterocycles. The molecule has 2 heterocycles. The Bertz CT molecular complexity index is 1400. The van der Waals surface area contributed by atoms with E-state index in [1.165, 1.54) is 11.0 Å². The molecule has 1 aliphatic rings. The number of ether oxygens (including phenoxy) is 1. The van der Waals surface area contributed by atoms with Crippen molar-refractivity contribution in [3.63, 3.8) is 0 Å². The summed E-state index contributed by atoms with van der Waals surface area (Å²) >= 11 is 5.30. The Morgan fingerprint density at radius 1 is 0.794 bits per heavy atom. The zero-order valence-electron chi connectivity index (χ0n) is 17.8. The Morgan fingerprint density at radius 2 is 1.44 bits per heavy atom. The molecule has 0 atom stereocenters. The molecule has 4 aromatic rings. The van der Waals surface area contributed by atoms with Gasteiger partial charge in [-0.1, -0.05) is 36.4 Å². The van der Waals surface area contributed by atoms with Gasteiger partial charge in [0.25, 0.3) is 11.8 Å². The molecule has 0 unspecified atom stereocenters. The summed E-state index contributed by atoms with van der Waals surface area (Å²) in [7, 11) is 0. The van der Waals surface area contributed by atoms with Crippen LogP contribution in [0.25, 0.3) is 11.8 Å². The van der Waals surface area contributed by atoms with E-state index >= 15 is 0 Å². The van der Waals surface area contributed by atoms with Crippen LogP contribution >= 0.6 is 12.2 Å². The lowest BCUT2D eigenvalue weighted by molar-refractivity contribution is -0.122. The van der Waals surface area contributed by atoms with Gasteiger partial charge in [0, 0.05) is 0 Å². The molecule has 3 aromatic carbocycles. The monoisotopic (exact) mass is 466 g/mol. The van der Waals surface area contributed by atoms with Crippen LogP contribution in [0.1, 0.15) is 5.69 Å². The van der Waals surface area contributed by atoms with Crippen LogP contribution in [0.3, 0.4) is 0 Å². The molecule has 1 saturated heterocycles. The summed E-state index contributed by atoms with van der Waals surface area (Å²) in [4.78, 5) is 27.3. The maximum absolute atomic E-state index is 13.3. The van der Waals surface area contributed by atoms with E-state index in [9.17, 15) is 9.59 Å². The van der Waals surface area contributed by atoms with Crippen molar-refractivity contribution in [3.05, 3.63) is 108 Å². The Kier molecular flexibility index (Phi) is 5.72. The Hall–Kier alpha value is -4.56. The molecule has 1 fully saturated rings. The zero-order chi connectivity index (χ0) is 23.5. The van der Waals surface area contributed by atoms with E-state index in [0.717, 1.165) is 5.69 Å². The number of benzene rings is 3. The van der Waals surface area contributed by atoms with Crippen LogP contribution in [0.4, 0.5) is 5.69 Å². The van der Waals surface area contributed by atoms with Gasteiger partial charge in [0.2, 0.25) is 0 Å². The summed E-state index contributed by atoms with van der Waals surface area (Å²) in [5.41, 5.74) is 1.86. The summed E-state index contributed by atoms with van der Waals surface area (Å²) in [5, 5.41) is 6.93. The second-order valence-corrected chi connectivity index (χ2v) is 7.76. The lowest BCUT2D eigenvalue weighted by atomic mass is 10.1. The topological polar surface area (TPSA) is 76.5 Å². The SMILES string of the molecule is O=C1NC(=S)N(c2ccc(Oc3ccccc3)cc2)C(=O)/C1=C\c1ccnn1-c1ccccc1. The van der Waals surface area contributed by atoms with Crippen LogP contribution in [0, 0.1) is 0 Å². The predicted molar refractivity (Wildman–Crippen MR) is 133 cm³/mol. The fourth-order valence-corrected chi connectivity index (χ4v) is 3.82. The van der Waals surface area contributed by atoms with Crippen LogP contribution in [-0.4, -0.2) is 26.7 Å². The first kappa shape index (κ1) is 21.3. The van der Waals surface area contributed by atoms with E-state index in [1.54, 1.807) is 41.2 Å². The summed E-state index contributed by atoms with van der Waals surface area (Å²) in [6.07, 6.45) is 3.12. The number of aromatic nitrogens is 2. The molecule has 8 heteroatoms. The highest BCUT2D eigenvalue weighted by molar-refractivity contribution is 7.80. The molecule has 5 rings (SSSR count). The fourth-order valence-electron chi connectivity index (χ4n) is 3.54. The zero-order valence-corrected chi connectivity index (χ0v) is 18.6. The van der Waals surface area contributed by atoms with Crippen molar-refractivity contribution in [3.8, 4) is 17.2 Å². The molecule has 0 bridgehead atoms. The molecule has 2 amide bonds. The van der Waals surface area contributed by atoms with Crippen molar-refractivity contribution in [2.75, 3.05) is 4.90 Å². The number of hydrogen-bond donors (Lipinski definition) is 1. The highest BCUT2D eigenvalue weighted by atomic mass is 32.1. The third kappa shape index (κ3) is 4.22. The first-order valence-corrected chi connectivity index (χ1v) is 10.8. The van der Waals surface area contributed by atoms with E-state index in [-0.39, 0.29) is 10.7 Å². The lowest BCUT2D eigenvalue weighted by Gasteiger charge is -2.29. The Labute approximate surface area is 200 Å². The van der Waals surface area contributed by atoms with Gasteiger partial charge in [0.1, 0.15) is 17.1 Å². The van der Waals surface area contributed by atoms with E-state index in [0.29, 0.717) is 22.9 Å². The van der Waals surface area contributed by atoms with E-state index in [2.05, 4.69) is 10.4 Å². The Morgan fingerprint density at radius 3 is 2.15 bits per heavy atom. The molecular weight excluding hydrogens is 448 g/mol. The molecule has 1 aliphatic heterocycles. The van der Waals surface area contributed by atoms with Crippen molar-refractivity contribution >= 4 is 40.9 Å². The van der Waals surface area contributed by atoms with Crippen LogP contribution < -0.4 is 15.0 Å². The quantitative estimate of drug-likeness (QED) is 0.266. The number of carbonyl (C=O) groups excluding carboxylic acids is 2. The van der Waals surface area contributed by atoms with Gasteiger partial charge in [-0.05, 0) is 72.9 Å². The second-order valence-electron chi connectivity index (χ2n) is 7.37. The largest absolute Gasteiger partial charge is 0.457 e. The first-order chi connectivity index (χ1) is 16.6. The molecule has 0 radical (unpaired) electrons. The summed E-state index contributed by atoms with van der Waals surface area (Å²) in [6, 6.07) is 27.5. The van der Waals surface area contributed by atoms with Crippen LogP contribution in [-0.2, 0) is 9.59 Å². The van der Waals surface area contributed by atoms with E-state index < -0.39 is 11.8 Å². The maximum atomic E-state index is 13.3. The van der Waals surface area contributed by atoms with E-state index in [4.69, 9.17) is 17.0 Å². The minimum absolute atomic E-state index is 0.0143. The van der Waals surface area contributed by atoms with Gasteiger partial charge >= 0.3 is 0 Å². The number of nitrogens with one attached hydrogen (secondary N) is 1. The number of para-hydroxylation sites is 2. The standard InChI is InChI=1S/C26H18N4O3S/c31-24-23(17-20-15-16-27-30(20)19-7-3-1-4-8-19)25(32)29(26(34)28-24)18-11-13-22(14-12-18)33-21-9-5-2-6-10-21/h1-17H,(H,28,31,34)/b23-17-. The van der Waals surface area contributed by atoms with Crippen molar-refractivity contribution in [1.82, 2.24) is 15.1 Å². The second kappa shape index (κ2) is 9.13. The average Bonchev–Trinajstić information content (AvgIpc) is 3.32. The van der Waals surface area contributed by atoms with Gasteiger partial charge in [0.05, 0.1) is 23.3 Å². The fraction of sp³-hybridized carbons (Fsp3) is 0. The number of thiocarbonyl (C=S) groups is 1. The molecule has 34 heavy (non-hydrogen) atoms. The van der Waals surface area contributed by atoms with Crippen molar-refractivity contribution < 1.29 is 14.3 Å². The van der Waals surface area contributed by atoms with Crippen molar-refractivity contribution in [1.29, 1.82) is 0 Å². The number of amides is 2.